The van der Waals surface area contributed by atoms with Gasteiger partial charge in [0.2, 0.25) is 10.0 Å². The van der Waals surface area contributed by atoms with Crippen molar-refractivity contribution in [2.24, 2.45) is 5.14 Å². The molecule has 0 saturated carbocycles. The molecular formula is C8H7F2N3O2S. The molecule has 86 valence electrons. The number of halogens is 2. The molecule has 0 spiro atoms. The van der Waals surface area contributed by atoms with Crippen LogP contribution in [0.15, 0.2) is 11.1 Å². The van der Waals surface area contributed by atoms with Crippen molar-refractivity contribution in [3.8, 4) is 6.07 Å². The van der Waals surface area contributed by atoms with E-state index in [2.05, 4.69) is 4.98 Å². The Kier molecular flexibility index (Phi) is 3.21. The predicted octanol–water partition coefficient (Wildman–Crippen LogP) is 0.847. The standard InChI is InChI=1S/C8H7F2N3O2S/c1-4-3-13-5(2-11)6(8(9)10)7(4)16(12,14)15/h3,8H,1H3,(H2,12,14,15). The van der Waals surface area contributed by atoms with Crippen LogP contribution >= 0.6 is 0 Å². The topological polar surface area (TPSA) is 96.8 Å². The molecular weight excluding hydrogens is 240 g/mol. The number of alkyl halides is 2. The second kappa shape index (κ2) is 4.11. The monoisotopic (exact) mass is 247 g/mol. The Morgan fingerprint density at radius 1 is 1.56 bits per heavy atom. The summed E-state index contributed by atoms with van der Waals surface area (Å²) in [6, 6.07) is 1.41. The third-order valence-electron chi connectivity index (χ3n) is 1.85. The van der Waals surface area contributed by atoms with Crippen molar-refractivity contribution in [1.82, 2.24) is 4.98 Å². The molecule has 0 aliphatic rings. The molecule has 1 heterocycles. The summed E-state index contributed by atoms with van der Waals surface area (Å²) < 4.78 is 47.7. The fourth-order valence-corrected chi connectivity index (χ4v) is 2.27. The fraction of sp³-hybridized carbons (Fsp3) is 0.250. The number of aryl methyl sites for hydroxylation is 1. The number of hydrogen-bond donors (Lipinski definition) is 1. The summed E-state index contributed by atoms with van der Waals surface area (Å²) in [5.41, 5.74) is -1.59. The Morgan fingerprint density at radius 3 is 2.50 bits per heavy atom. The molecule has 1 aromatic heterocycles. The van der Waals surface area contributed by atoms with Crippen LogP contribution in [0.5, 0.6) is 0 Å². The maximum absolute atomic E-state index is 12.7. The SMILES string of the molecule is Cc1cnc(C#N)c(C(F)F)c1S(N)(=O)=O. The average molecular weight is 247 g/mol. The molecule has 0 aromatic carbocycles. The van der Waals surface area contributed by atoms with Crippen LogP contribution in [0.2, 0.25) is 0 Å². The highest BCUT2D eigenvalue weighted by molar-refractivity contribution is 7.89. The summed E-state index contributed by atoms with van der Waals surface area (Å²) in [6.07, 6.45) is -2.11. The summed E-state index contributed by atoms with van der Waals surface area (Å²) >= 11 is 0. The lowest BCUT2D eigenvalue weighted by Crippen LogP contribution is -2.18. The number of pyridine rings is 1. The van der Waals surface area contributed by atoms with Crippen LogP contribution in [0.3, 0.4) is 0 Å². The quantitative estimate of drug-likeness (QED) is 0.837. The van der Waals surface area contributed by atoms with E-state index in [0.717, 1.165) is 6.20 Å². The van der Waals surface area contributed by atoms with Crippen LogP contribution in [0.1, 0.15) is 23.2 Å². The van der Waals surface area contributed by atoms with Gasteiger partial charge in [0.05, 0.1) is 10.5 Å². The highest BCUT2D eigenvalue weighted by Crippen LogP contribution is 2.29. The minimum Gasteiger partial charge on any atom is -0.245 e. The number of rotatable bonds is 2. The Morgan fingerprint density at radius 2 is 2.12 bits per heavy atom. The second-order valence-corrected chi connectivity index (χ2v) is 4.49. The van der Waals surface area contributed by atoms with Crippen molar-refractivity contribution >= 4 is 10.0 Å². The molecule has 0 aliphatic carbocycles. The number of nitrogens with zero attached hydrogens (tertiary/aromatic N) is 2. The third-order valence-corrected chi connectivity index (χ3v) is 2.96. The molecule has 0 unspecified atom stereocenters. The van der Waals surface area contributed by atoms with E-state index in [9.17, 15) is 17.2 Å². The first-order valence-corrected chi connectivity index (χ1v) is 5.54. The molecule has 0 bridgehead atoms. The number of nitriles is 1. The zero-order valence-corrected chi connectivity index (χ0v) is 8.92. The van der Waals surface area contributed by atoms with E-state index < -0.39 is 32.6 Å². The maximum Gasteiger partial charge on any atom is 0.267 e. The predicted molar refractivity (Wildman–Crippen MR) is 50.0 cm³/mol. The van der Waals surface area contributed by atoms with Gasteiger partial charge in [0.1, 0.15) is 6.07 Å². The van der Waals surface area contributed by atoms with E-state index in [-0.39, 0.29) is 5.56 Å². The Labute approximate surface area is 90.6 Å². The maximum atomic E-state index is 12.7. The van der Waals surface area contributed by atoms with E-state index in [0.29, 0.717) is 0 Å². The van der Waals surface area contributed by atoms with Crippen LogP contribution < -0.4 is 5.14 Å². The largest absolute Gasteiger partial charge is 0.267 e. The van der Waals surface area contributed by atoms with Gasteiger partial charge < -0.3 is 0 Å². The van der Waals surface area contributed by atoms with E-state index in [4.69, 9.17) is 10.4 Å². The summed E-state index contributed by atoms with van der Waals surface area (Å²) in [4.78, 5) is 2.70. The molecule has 0 amide bonds. The molecule has 1 rings (SSSR count). The minimum absolute atomic E-state index is 0.0169. The van der Waals surface area contributed by atoms with Crippen LogP contribution in [0.25, 0.3) is 0 Å². The van der Waals surface area contributed by atoms with E-state index in [1.54, 1.807) is 0 Å². The molecule has 16 heavy (non-hydrogen) atoms. The first-order chi connectivity index (χ1) is 7.29. The molecule has 2 N–H and O–H groups in total. The molecule has 5 nitrogen and oxygen atoms in total. The summed E-state index contributed by atoms with van der Waals surface area (Å²) in [5.74, 6) is 0. The van der Waals surface area contributed by atoms with Gasteiger partial charge in [-0.05, 0) is 12.5 Å². The first kappa shape index (κ1) is 12.5. The molecule has 1 aromatic rings. The average Bonchev–Trinajstić information content (AvgIpc) is 2.15. The van der Waals surface area contributed by atoms with Crippen molar-refractivity contribution in [3.63, 3.8) is 0 Å². The Hall–Kier alpha value is -1.59. The Bertz CT molecular complexity index is 563. The molecule has 0 fully saturated rings. The van der Waals surface area contributed by atoms with Gasteiger partial charge in [-0.3, -0.25) is 0 Å². The number of sulfonamides is 1. The van der Waals surface area contributed by atoms with Gasteiger partial charge in [0, 0.05) is 6.20 Å². The smallest absolute Gasteiger partial charge is 0.245 e. The van der Waals surface area contributed by atoms with E-state index in [1.807, 2.05) is 0 Å². The lowest BCUT2D eigenvalue weighted by molar-refractivity contribution is 0.147. The summed E-state index contributed by atoms with van der Waals surface area (Å²) in [7, 11) is -4.31. The Balaban J connectivity index is 3.78. The van der Waals surface area contributed by atoms with Crippen molar-refractivity contribution in [2.75, 3.05) is 0 Å². The molecule has 0 atom stereocenters. The van der Waals surface area contributed by atoms with Crippen molar-refractivity contribution in [3.05, 3.63) is 23.0 Å². The zero-order chi connectivity index (χ0) is 12.5. The van der Waals surface area contributed by atoms with E-state index >= 15 is 0 Å². The fourth-order valence-electron chi connectivity index (χ4n) is 1.28. The van der Waals surface area contributed by atoms with Gasteiger partial charge in [-0.1, -0.05) is 0 Å². The number of nitrogens with two attached hydrogens (primary N) is 1. The van der Waals surface area contributed by atoms with Crippen LogP contribution in [0.4, 0.5) is 8.78 Å². The second-order valence-electron chi connectivity index (χ2n) is 2.99. The lowest BCUT2D eigenvalue weighted by atomic mass is 10.1. The zero-order valence-electron chi connectivity index (χ0n) is 8.11. The molecule has 0 saturated heterocycles. The van der Waals surface area contributed by atoms with Crippen molar-refractivity contribution in [2.45, 2.75) is 18.2 Å². The highest BCUT2D eigenvalue weighted by Gasteiger charge is 2.27. The number of aromatic nitrogens is 1. The normalized spacial score (nSPS) is 11.5. The van der Waals surface area contributed by atoms with Gasteiger partial charge >= 0.3 is 0 Å². The van der Waals surface area contributed by atoms with Gasteiger partial charge in [0.25, 0.3) is 6.43 Å². The van der Waals surface area contributed by atoms with Crippen LogP contribution in [-0.4, -0.2) is 13.4 Å². The molecule has 8 heteroatoms. The lowest BCUT2D eigenvalue weighted by Gasteiger charge is -2.10. The molecule has 0 radical (unpaired) electrons. The van der Waals surface area contributed by atoms with Gasteiger partial charge in [-0.15, -0.1) is 0 Å². The molecule has 0 aliphatic heterocycles. The minimum atomic E-state index is -4.31. The highest BCUT2D eigenvalue weighted by atomic mass is 32.2. The first-order valence-electron chi connectivity index (χ1n) is 3.99. The van der Waals surface area contributed by atoms with Crippen molar-refractivity contribution in [1.29, 1.82) is 5.26 Å². The van der Waals surface area contributed by atoms with Crippen LogP contribution in [-0.2, 0) is 10.0 Å². The van der Waals surface area contributed by atoms with E-state index in [1.165, 1.54) is 13.0 Å². The van der Waals surface area contributed by atoms with Crippen molar-refractivity contribution < 1.29 is 17.2 Å². The summed E-state index contributed by atoms with van der Waals surface area (Å²) in [6.45, 7) is 1.28. The summed E-state index contributed by atoms with van der Waals surface area (Å²) in [5, 5.41) is 13.4. The van der Waals surface area contributed by atoms with Crippen LogP contribution in [0, 0.1) is 18.3 Å². The van der Waals surface area contributed by atoms with Gasteiger partial charge in [-0.25, -0.2) is 27.3 Å². The number of hydrogen-bond acceptors (Lipinski definition) is 4. The number of primary sulfonamides is 1. The van der Waals surface area contributed by atoms with Gasteiger partial charge in [-0.2, -0.15) is 5.26 Å². The third kappa shape index (κ3) is 2.15. The van der Waals surface area contributed by atoms with Gasteiger partial charge in [0.15, 0.2) is 5.69 Å².